The maximum absolute atomic E-state index is 3.38. The standard InChI is InChI=1S/C14H27N/c1-4-14(2,10-15-3)9-13-8-11-5-6-12(13)7-11/h11-13,15H,4-10H2,1-3H3. The number of nitrogens with one attached hydrogen (secondary N) is 1. The molecule has 4 unspecified atom stereocenters. The number of fused-ring (bicyclic) bond motifs is 2. The van der Waals surface area contributed by atoms with Crippen LogP contribution in [0.1, 0.15) is 52.4 Å². The molecule has 0 spiro atoms. The Hall–Kier alpha value is -0.0400. The van der Waals surface area contributed by atoms with Crippen molar-refractivity contribution in [3.63, 3.8) is 0 Å². The van der Waals surface area contributed by atoms with Gasteiger partial charge in [-0.15, -0.1) is 0 Å². The fourth-order valence-corrected chi connectivity index (χ4v) is 4.03. The van der Waals surface area contributed by atoms with Gasteiger partial charge < -0.3 is 5.32 Å². The molecule has 15 heavy (non-hydrogen) atoms. The molecule has 0 saturated heterocycles. The Kier molecular flexibility index (Phi) is 3.39. The predicted molar refractivity (Wildman–Crippen MR) is 65.9 cm³/mol. The highest BCUT2D eigenvalue weighted by molar-refractivity contribution is 4.93. The third-order valence-corrected chi connectivity index (χ3v) is 5.10. The zero-order valence-corrected chi connectivity index (χ0v) is 10.7. The smallest absolute Gasteiger partial charge is 0.000216 e. The van der Waals surface area contributed by atoms with E-state index in [0.717, 1.165) is 17.8 Å². The van der Waals surface area contributed by atoms with E-state index in [-0.39, 0.29) is 0 Å². The molecular weight excluding hydrogens is 182 g/mol. The molecule has 0 aromatic heterocycles. The van der Waals surface area contributed by atoms with Gasteiger partial charge in [-0.3, -0.25) is 0 Å². The lowest BCUT2D eigenvalue weighted by Gasteiger charge is -2.34. The quantitative estimate of drug-likeness (QED) is 0.731. The largest absolute Gasteiger partial charge is 0.319 e. The molecule has 4 atom stereocenters. The van der Waals surface area contributed by atoms with Crippen molar-refractivity contribution in [2.45, 2.75) is 52.4 Å². The summed E-state index contributed by atoms with van der Waals surface area (Å²) in [5.74, 6) is 3.26. The maximum Gasteiger partial charge on any atom is 0.000216 e. The molecule has 0 aromatic carbocycles. The summed E-state index contributed by atoms with van der Waals surface area (Å²) in [6, 6.07) is 0. The van der Waals surface area contributed by atoms with E-state index in [0.29, 0.717) is 5.41 Å². The van der Waals surface area contributed by atoms with Crippen molar-refractivity contribution in [3.05, 3.63) is 0 Å². The first-order valence-electron chi connectivity index (χ1n) is 6.81. The Morgan fingerprint density at radius 1 is 1.27 bits per heavy atom. The van der Waals surface area contributed by atoms with Gasteiger partial charge in [0.05, 0.1) is 0 Å². The first-order valence-corrected chi connectivity index (χ1v) is 6.81. The molecule has 1 N–H and O–H groups in total. The van der Waals surface area contributed by atoms with Crippen molar-refractivity contribution in [1.29, 1.82) is 0 Å². The van der Waals surface area contributed by atoms with Crippen LogP contribution in [-0.2, 0) is 0 Å². The number of hydrogen-bond donors (Lipinski definition) is 1. The molecule has 2 rings (SSSR count). The van der Waals surface area contributed by atoms with E-state index in [1.807, 2.05) is 0 Å². The lowest BCUT2D eigenvalue weighted by Crippen LogP contribution is -2.32. The average molecular weight is 209 g/mol. The third-order valence-electron chi connectivity index (χ3n) is 5.10. The average Bonchev–Trinajstić information content (AvgIpc) is 2.79. The van der Waals surface area contributed by atoms with E-state index in [2.05, 4.69) is 26.2 Å². The molecule has 2 aliphatic carbocycles. The lowest BCUT2D eigenvalue weighted by molar-refractivity contribution is 0.182. The van der Waals surface area contributed by atoms with Gasteiger partial charge in [-0.05, 0) is 62.3 Å². The van der Waals surface area contributed by atoms with Gasteiger partial charge in [0.1, 0.15) is 0 Å². The minimum atomic E-state index is 0.546. The monoisotopic (exact) mass is 209 g/mol. The Labute approximate surface area is 95.0 Å². The highest BCUT2D eigenvalue weighted by Crippen LogP contribution is 2.52. The zero-order chi connectivity index (χ0) is 10.9. The second-order valence-corrected chi connectivity index (χ2v) is 6.33. The van der Waals surface area contributed by atoms with E-state index in [4.69, 9.17) is 0 Å². The van der Waals surface area contributed by atoms with Crippen LogP contribution in [0.3, 0.4) is 0 Å². The van der Waals surface area contributed by atoms with Crippen LogP contribution in [0.25, 0.3) is 0 Å². The topological polar surface area (TPSA) is 12.0 Å². The first-order chi connectivity index (χ1) is 7.17. The molecule has 0 heterocycles. The minimum Gasteiger partial charge on any atom is -0.319 e. The molecular formula is C14H27N. The number of hydrogen-bond acceptors (Lipinski definition) is 1. The summed E-state index contributed by atoms with van der Waals surface area (Å²) in [4.78, 5) is 0. The van der Waals surface area contributed by atoms with Crippen LogP contribution in [-0.4, -0.2) is 13.6 Å². The van der Waals surface area contributed by atoms with Gasteiger partial charge in [0.2, 0.25) is 0 Å². The van der Waals surface area contributed by atoms with E-state index in [1.165, 1.54) is 32.2 Å². The van der Waals surface area contributed by atoms with Crippen LogP contribution in [0.4, 0.5) is 0 Å². The minimum absolute atomic E-state index is 0.546. The van der Waals surface area contributed by atoms with Gasteiger partial charge in [-0.2, -0.15) is 0 Å². The van der Waals surface area contributed by atoms with E-state index < -0.39 is 0 Å². The Balaban J connectivity index is 1.89. The normalized spacial score (nSPS) is 38.2. The van der Waals surface area contributed by atoms with Crippen LogP contribution in [0.5, 0.6) is 0 Å². The van der Waals surface area contributed by atoms with Crippen molar-refractivity contribution < 1.29 is 0 Å². The predicted octanol–water partition coefficient (Wildman–Crippen LogP) is 3.45. The summed E-state index contributed by atoms with van der Waals surface area (Å²) >= 11 is 0. The summed E-state index contributed by atoms with van der Waals surface area (Å²) in [7, 11) is 2.09. The summed E-state index contributed by atoms with van der Waals surface area (Å²) in [6.07, 6.45) is 8.96. The molecule has 1 nitrogen and oxygen atoms in total. The van der Waals surface area contributed by atoms with Crippen LogP contribution < -0.4 is 5.32 Å². The maximum atomic E-state index is 3.38. The Morgan fingerprint density at radius 3 is 2.53 bits per heavy atom. The molecule has 1 heteroatoms. The van der Waals surface area contributed by atoms with E-state index in [1.54, 1.807) is 12.8 Å². The van der Waals surface area contributed by atoms with Crippen molar-refractivity contribution in [1.82, 2.24) is 5.32 Å². The first kappa shape index (κ1) is 11.4. The van der Waals surface area contributed by atoms with Crippen molar-refractivity contribution in [2.24, 2.45) is 23.2 Å². The molecule has 88 valence electrons. The van der Waals surface area contributed by atoms with Crippen molar-refractivity contribution in [3.8, 4) is 0 Å². The molecule has 2 fully saturated rings. The zero-order valence-electron chi connectivity index (χ0n) is 10.7. The van der Waals surface area contributed by atoms with Crippen LogP contribution in [0, 0.1) is 23.2 Å². The molecule has 2 saturated carbocycles. The van der Waals surface area contributed by atoms with Gasteiger partial charge >= 0.3 is 0 Å². The summed E-state index contributed by atoms with van der Waals surface area (Å²) in [5.41, 5.74) is 0.546. The highest BCUT2D eigenvalue weighted by Gasteiger charge is 2.41. The van der Waals surface area contributed by atoms with Gasteiger partial charge in [0.25, 0.3) is 0 Å². The van der Waals surface area contributed by atoms with Crippen molar-refractivity contribution in [2.75, 3.05) is 13.6 Å². The third kappa shape index (κ3) is 2.38. The second kappa shape index (κ2) is 4.45. The number of rotatable bonds is 5. The molecule has 2 aliphatic rings. The summed E-state index contributed by atoms with van der Waals surface area (Å²) in [6.45, 7) is 6.01. The molecule has 2 bridgehead atoms. The Morgan fingerprint density at radius 2 is 2.07 bits per heavy atom. The second-order valence-electron chi connectivity index (χ2n) is 6.33. The molecule has 0 aliphatic heterocycles. The SMILES string of the molecule is CCC(C)(CNC)CC1CC2CCC1C2. The summed E-state index contributed by atoms with van der Waals surface area (Å²) < 4.78 is 0. The molecule has 0 radical (unpaired) electrons. The fraction of sp³-hybridized carbons (Fsp3) is 1.00. The summed E-state index contributed by atoms with van der Waals surface area (Å²) in [5, 5.41) is 3.38. The van der Waals surface area contributed by atoms with Crippen LogP contribution in [0.2, 0.25) is 0 Å². The van der Waals surface area contributed by atoms with Crippen LogP contribution in [0.15, 0.2) is 0 Å². The van der Waals surface area contributed by atoms with Crippen LogP contribution >= 0.6 is 0 Å². The molecule has 0 aromatic rings. The van der Waals surface area contributed by atoms with Gasteiger partial charge in [0.15, 0.2) is 0 Å². The van der Waals surface area contributed by atoms with E-state index in [9.17, 15) is 0 Å². The highest BCUT2D eigenvalue weighted by atomic mass is 14.8. The Bertz CT molecular complexity index is 213. The van der Waals surface area contributed by atoms with Gasteiger partial charge in [-0.1, -0.05) is 20.3 Å². The van der Waals surface area contributed by atoms with Crippen molar-refractivity contribution >= 4 is 0 Å². The van der Waals surface area contributed by atoms with E-state index >= 15 is 0 Å². The molecule has 0 amide bonds. The lowest BCUT2D eigenvalue weighted by atomic mass is 9.73. The fourth-order valence-electron chi connectivity index (χ4n) is 4.03. The van der Waals surface area contributed by atoms with Gasteiger partial charge in [0, 0.05) is 6.54 Å². The van der Waals surface area contributed by atoms with Gasteiger partial charge in [-0.25, -0.2) is 0 Å².